The van der Waals surface area contributed by atoms with Gasteiger partial charge in [0.1, 0.15) is 0 Å². The number of hydrogen-bond donors (Lipinski definition) is 2. The first-order valence-electron chi connectivity index (χ1n) is 7.24. The van der Waals surface area contributed by atoms with Crippen molar-refractivity contribution in [3.8, 4) is 0 Å². The highest BCUT2D eigenvalue weighted by Crippen LogP contribution is 2.26. The predicted octanol–water partition coefficient (Wildman–Crippen LogP) is 0.863. The van der Waals surface area contributed by atoms with Crippen molar-refractivity contribution in [2.24, 2.45) is 0 Å². The van der Waals surface area contributed by atoms with Gasteiger partial charge in [-0.25, -0.2) is 0 Å². The molecule has 1 saturated heterocycles. The van der Waals surface area contributed by atoms with Crippen LogP contribution in [0.4, 0.5) is 5.69 Å². The van der Waals surface area contributed by atoms with E-state index < -0.39 is 0 Å². The first-order valence-corrected chi connectivity index (χ1v) is 7.24. The molecular formula is C15H26N4O. The number of rotatable bonds is 5. The number of aliphatic hydroxyl groups excluding tert-OH is 1. The molecule has 1 aliphatic heterocycles. The first kappa shape index (κ1) is 15.2. The number of β-amino-alcohol motifs (C(OH)–C–C–N with tert-alkyl or cyclic N) is 1. The summed E-state index contributed by atoms with van der Waals surface area (Å²) in [6.45, 7) is 3.74. The summed E-state index contributed by atoms with van der Waals surface area (Å²) in [5.74, 6) is 0. The molecule has 5 heteroatoms. The van der Waals surface area contributed by atoms with Gasteiger partial charge in [0, 0.05) is 25.2 Å². The van der Waals surface area contributed by atoms with Gasteiger partial charge in [0.15, 0.2) is 0 Å². The molecule has 3 unspecified atom stereocenters. The van der Waals surface area contributed by atoms with E-state index in [9.17, 15) is 5.11 Å². The smallest absolute Gasteiger partial charge is 0.0735 e. The van der Waals surface area contributed by atoms with Gasteiger partial charge in [-0.05, 0) is 46.6 Å². The van der Waals surface area contributed by atoms with Gasteiger partial charge in [-0.1, -0.05) is 0 Å². The summed E-state index contributed by atoms with van der Waals surface area (Å²) in [4.78, 5) is 8.97. The van der Waals surface area contributed by atoms with Crippen LogP contribution >= 0.6 is 0 Å². The molecule has 0 saturated carbocycles. The molecule has 2 rings (SSSR count). The SMILES string of the molecule is CNC(C)c1ccc(N2CC(O)CC2CN(C)C)cn1. The highest BCUT2D eigenvalue weighted by molar-refractivity contribution is 5.47. The highest BCUT2D eigenvalue weighted by Gasteiger charge is 2.31. The quantitative estimate of drug-likeness (QED) is 0.837. The number of nitrogens with one attached hydrogen (secondary N) is 1. The Bertz CT molecular complexity index is 420. The summed E-state index contributed by atoms with van der Waals surface area (Å²) in [5, 5.41) is 13.1. The zero-order valence-electron chi connectivity index (χ0n) is 12.9. The third-order valence-electron chi connectivity index (χ3n) is 3.95. The Labute approximate surface area is 121 Å². The monoisotopic (exact) mass is 278 g/mol. The van der Waals surface area contributed by atoms with Crippen LogP contribution in [-0.4, -0.2) is 61.4 Å². The second kappa shape index (κ2) is 6.52. The lowest BCUT2D eigenvalue weighted by Gasteiger charge is -2.28. The number of aromatic nitrogens is 1. The molecule has 2 heterocycles. The van der Waals surface area contributed by atoms with Crippen molar-refractivity contribution >= 4 is 5.69 Å². The largest absolute Gasteiger partial charge is 0.391 e. The molecule has 2 N–H and O–H groups in total. The molecule has 0 bridgehead atoms. The summed E-state index contributed by atoms with van der Waals surface area (Å²) in [6.07, 6.45) is 2.51. The first-order chi connectivity index (χ1) is 9.51. The average Bonchev–Trinajstić information content (AvgIpc) is 2.78. The van der Waals surface area contributed by atoms with Crippen molar-refractivity contribution in [2.75, 3.05) is 39.1 Å². The fourth-order valence-electron chi connectivity index (χ4n) is 2.77. The molecule has 1 aromatic heterocycles. The minimum Gasteiger partial charge on any atom is -0.391 e. The van der Waals surface area contributed by atoms with E-state index in [1.54, 1.807) is 0 Å². The van der Waals surface area contributed by atoms with Crippen LogP contribution in [0.1, 0.15) is 25.1 Å². The summed E-state index contributed by atoms with van der Waals surface area (Å²) in [6, 6.07) is 4.78. The maximum absolute atomic E-state index is 9.93. The van der Waals surface area contributed by atoms with Gasteiger partial charge in [-0.15, -0.1) is 0 Å². The van der Waals surface area contributed by atoms with E-state index in [2.05, 4.69) is 53.3 Å². The fourth-order valence-corrected chi connectivity index (χ4v) is 2.77. The zero-order chi connectivity index (χ0) is 14.7. The topological polar surface area (TPSA) is 51.6 Å². The highest BCUT2D eigenvalue weighted by atomic mass is 16.3. The fraction of sp³-hybridized carbons (Fsp3) is 0.667. The number of hydrogen-bond acceptors (Lipinski definition) is 5. The number of pyridine rings is 1. The Morgan fingerprint density at radius 1 is 1.50 bits per heavy atom. The number of likely N-dealkylation sites (N-methyl/N-ethyl adjacent to an activating group) is 1. The van der Waals surface area contributed by atoms with Gasteiger partial charge in [0.05, 0.1) is 23.7 Å². The minimum absolute atomic E-state index is 0.240. The van der Waals surface area contributed by atoms with Crippen LogP contribution in [0.25, 0.3) is 0 Å². The number of anilines is 1. The number of aliphatic hydroxyl groups is 1. The zero-order valence-corrected chi connectivity index (χ0v) is 12.9. The molecule has 0 aromatic carbocycles. The maximum Gasteiger partial charge on any atom is 0.0735 e. The van der Waals surface area contributed by atoms with Crippen LogP contribution in [0.5, 0.6) is 0 Å². The van der Waals surface area contributed by atoms with Crippen LogP contribution in [0, 0.1) is 0 Å². The Kier molecular flexibility index (Phi) is 4.96. The Balaban J connectivity index is 2.12. The van der Waals surface area contributed by atoms with Gasteiger partial charge >= 0.3 is 0 Å². The van der Waals surface area contributed by atoms with Crippen LogP contribution in [0.3, 0.4) is 0 Å². The molecule has 20 heavy (non-hydrogen) atoms. The van der Waals surface area contributed by atoms with E-state index in [1.807, 2.05) is 13.2 Å². The molecule has 112 valence electrons. The van der Waals surface area contributed by atoms with E-state index in [1.165, 1.54) is 0 Å². The van der Waals surface area contributed by atoms with Crippen LogP contribution in [0.15, 0.2) is 18.3 Å². The summed E-state index contributed by atoms with van der Waals surface area (Å²) < 4.78 is 0. The Morgan fingerprint density at radius 3 is 2.80 bits per heavy atom. The van der Waals surface area contributed by atoms with Gasteiger partial charge in [0.2, 0.25) is 0 Å². The third-order valence-corrected chi connectivity index (χ3v) is 3.95. The van der Waals surface area contributed by atoms with Gasteiger partial charge < -0.3 is 20.2 Å². The summed E-state index contributed by atoms with van der Waals surface area (Å²) in [5.41, 5.74) is 2.14. The van der Waals surface area contributed by atoms with Crippen molar-refractivity contribution in [1.29, 1.82) is 0 Å². The average molecular weight is 278 g/mol. The Morgan fingerprint density at radius 2 is 2.25 bits per heavy atom. The molecule has 1 aliphatic rings. The summed E-state index contributed by atoms with van der Waals surface area (Å²) >= 11 is 0. The van der Waals surface area contributed by atoms with E-state index in [0.717, 1.165) is 24.3 Å². The van der Waals surface area contributed by atoms with Gasteiger partial charge in [-0.2, -0.15) is 0 Å². The third kappa shape index (κ3) is 3.48. The Hall–Kier alpha value is -1.17. The molecule has 0 radical (unpaired) electrons. The van der Waals surface area contributed by atoms with E-state index >= 15 is 0 Å². The standard InChI is InChI=1S/C15H26N4O/c1-11(16-2)15-6-5-12(8-17-15)19-10-14(20)7-13(19)9-18(3)4/h5-6,8,11,13-14,16,20H,7,9-10H2,1-4H3. The molecular weight excluding hydrogens is 252 g/mol. The van der Waals surface area contributed by atoms with E-state index in [0.29, 0.717) is 12.6 Å². The lowest BCUT2D eigenvalue weighted by atomic mass is 10.1. The lowest BCUT2D eigenvalue weighted by Crippen LogP contribution is -2.37. The second-order valence-corrected chi connectivity index (χ2v) is 5.91. The van der Waals surface area contributed by atoms with Crippen molar-refractivity contribution in [1.82, 2.24) is 15.2 Å². The van der Waals surface area contributed by atoms with Crippen LogP contribution in [-0.2, 0) is 0 Å². The molecule has 0 spiro atoms. The molecule has 1 fully saturated rings. The molecule has 0 amide bonds. The van der Waals surface area contributed by atoms with Crippen molar-refractivity contribution < 1.29 is 5.11 Å². The normalized spacial score (nSPS) is 24.4. The van der Waals surface area contributed by atoms with Gasteiger partial charge in [-0.3, -0.25) is 4.98 Å². The van der Waals surface area contributed by atoms with Crippen molar-refractivity contribution in [2.45, 2.75) is 31.5 Å². The molecule has 1 aromatic rings. The molecule has 3 atom stereocenters. The summed E-state index contributed by atoms with van der Waals surface area (Å²) in [7, 11) is 6.07. The number of nitrogens with zero attached hydrogens (tertiary/aromatic N) is 3. The van der Waals surface area contributed by atoms with E-state index in [-0.39, 0.29) is 12.1 Å². The minimum atomic E-state index is -0.240. The van der Waals surface area contributed by atoms with Crippen LogP contribution < -0.4 is 10.2 Å². The van der Waals surface area contributed by atoms with E-state index in [4.69, 9.17) is 0 Å². The van der Waals surface area contributed by atoms with Crippen LogP contribution in [0.2, 0.25) is 0 Å². The lowest BCUT2D eigenvalue weighted by molar-refractivity contribution is 0.191. The van der Waals surface area contributed by atoms with Crippen molar-refractivity contribution in [3.05, 3.63) is 24.0 Å². The maximum atomic E-state index is 9.93. The van der Waals surface area contributed by atoms with Gasteiger partial charge in [0.25, 0.3) is 0 Å². The molecule has 0 aliphatic carbocycles. The molecule has 5 nitrogen and oxygen atoms in total. The van der Waals surface area contributed by atoms with Crippen molar-refractivity contribution in [3.63, 3.8) is 0 Å². The second-order valence-electron chi connectivity index (χ2n) is 5.91. The predicted molar refractivity (Wildman–Crippen MR) is 82.0 cm³/mol.